The van der Waals surface area contributed by atoms with Crippen molar-refractivity contribution in [3.8, 4) is 0 Å². The maximum atomic E-state index is 13.6. The second kappa shape index (κ2) is 4.49. The highest BCUT2D eigenvalue weighted by Gasteiger charge is 2.39. The van der Waals surface area contributed by atoms with Crippen molar-refractivity contribution in [3.05, 3.63) is 58.9 Å². The van der Waals surface area contributed by atoms with Crippen LogP contribution in [0.4, 0.5) is 15.8 Å². The Kier molecular flexibility index (Phi) is 2.91. The normalized spacial score (nSPS) is 20.9. The highest BCUT2D eigenvalue weighted by molar-refractivity contribution is 6.31. The van der Waals surface area contributed by atoms with Crippen molar-refractivity contribution in [1.29, 1.82) is 0 Å². The van der Waals surface area contributed by atoms with E-state index in [9.17, 15) is 9.18 Å². The highest BCUT2D eigenvalue weighted by atomic mass is 35.5. The molecule has 1 unspecified atom stereocenters. The van der Waals surface area contributed by atoms with Crippen LogP contribution in [0.3, 0.4) is 0 Å². The fraction of sp³-hybridized carbons (Fsp3) is 0.133. The van der Waals surface area contributed by atoms with Crippen LogP contribution in [-0.4, -0.2) is 5.91 Å². The molecule has 102 valence electrons. The number of hydrogen-bond donors (Lipinski definition) is 2. The van der Waals surface area contributed by atoms with E-state index in [0.29, 0.717) is 11.4 Å². The molecule has 0 aromatic heterocycles. The lowest BCUT2D eigenvalue weighted by molar-refractivity contribution is -0.120. The SMILES string of the molecule is CC1(c2ccccc2)Nc2cc(F)c(Cl)cc2NC1=O. The number of carbonyl (C=O) groups is 1. The summed E-state index contributed by atoms with van der Waals surface area (Å²) in [5.41, 5.74) is 0.848. The molecule has 2 aromatic carbocycles. The molecule has 0 spiro atoms. The predicted molar refractivity (Wildman–Crippen MR) is 77.5 cm³/mol. The Morgan fingerprint density at radius 2 is 1.85 bits per heavy atom. The molecule has 0 saturated carbocycles. The Labute approximate surface area is 120 Å². The Morgan fingerprint density at radius 1 is 1.15 bits per heavy atom. The first kappa shape index (κ1) is 12.9. The summed E-state index contributed by atoms with van der Waals surface area (Å²) in [5, 5.41) is 5.84. The minimum Gasteiger partial charge on any atom is -0.366 e. The first-order valence-corrected chi connectivity index (χ1v) is 6.53. The molecule has 0 fully saturated rings. The van der Waals surface area contributed by atoms with E-state index in [0.717, 1.165) is 5.56 Å². The first-order valence-electron chi connectivity index (χ1n) is 6.15. The number of hydrogen-bond acceptors (Lipinski definition) is 2. The van der Waals surface area contributed by atoms with Gasteiger partial charge in [0.25, 0.3) is 5.91 Å². The maximum Gasteiger partial charge on any atom is 0.254 e. The molecule has 0 radical (unpaired) electrons. The van der Waals surface area contributed by atoms with Gasteiger partial charge in [-0.3, -0.25) is 4.79 Å². The van der Waals surface area contributed by atoms with Crippen LogP contribution in [0, 0.1) is 5.82 Å². The average Bonchev–Trinajstić information content (AvgIpc) is 2.44. The molecule has 20 heavy (non-hydrogen) atoms. The number of anilines is 2. The van der Waals surface area contributed by atoms with Gasteiger partial charge in [-0.1, -0.05) is 41.9 Å². The Bertz CT molecular complexity index is 690. The molecule has 3 rings (SSSR count). The van der Waals surface area contributed by atoms with Gasteiger partial charge in [-0.2, -0.15) is 0 Å². The third kappa shape index (κ3) is 1.93. The molecule has 0 aliphatic carbocycles. The number of halogens is 2. The zero-order valence-corrected chi connectivity index (χ0v) is 11.5. The van der Waals surface area contributed by atoms with Crippen molar-refractivity contribution >= 4 is 28.9 Å². The van der Waals surface area contributed by atoms with Crippen molar-refractivity contribution in [1.82, 2.24) is 0 Å². The van der Waals surface area contributed by atoms with Gasteiger partial charge < -0.3 is 10.6 Å². The molecule has 1 aliphatic rings. The van der Waals surface area contributed by atoms with Gasteiger partial charge in [-0.25, -0.2) is 4.39 Å². The first-order chi connectivity index (χ1) is 9.50. The Hall–Kier alpha value is -2.07. The highest BCUT2D eigenvalue weighted by Crippen LogP contribution is 2.38. The topological polar surface area (TPSA) is 41.1 Å². The number of carbonyl (C=O) groups excluding carboxylic acids is 1. The van der Waals surface area contributed by atoms with Crippen molar-refractivity contribution in [2.45, 2.75) is 12.5 Å². The molecule has 1 heterocycles. The molecule has 5 heteroatoms. The molecule has 1 aliphatic heterocycles. The van der Waals surface area contributed by atoms with E-state index in [1.165, 1.54) is 12.1 Å². The zero-order valence-electron chi connectivity index (χ0n) is 10.7. The molecule has 3 nitrogen and oxygen atoms in total. The van der Waals surface area contributed by atoms with Crippen LogP contribution in [0.25, 0.3) is 0 Å². The molecule has 0 saturated heterocycles. The summed E-state index contributed by atoms with van der Waals surface area (Å²) in [6.07, 6.45) is 0. The summed E-state index contributed by atoms with van der Waals surface area (Å²) in [5.74, 6) is -0.733. The number of rotatable bonds is 1. The van der Waals surface area contributed by atoms with E-state index in [1.54, 1.807) is 6.92 Å². The van der Waals surface area contributed by atoms with Crippen LogP contribution >= 0.6 is 11.6 Å². The van der Waals surface area contributed by atoms with E-state index in [1.807, 2.05) is 30.3 Å². The zero-order chi connectivity index (χ0) is 14.3. The second-order valence-corrected chi connectivity index (χ2v) is 5.29. The van der Waals surface area contributed by atoms with Gasteiger partial charge >= 0.3 is 0 Å². The fourth-order valence-corrected chi connectivity index (χ4v) is 2.47. The quantitative estimate of drug-likeness (QED) is 0.839. The Morgan fingerprint density at radius 3 is 2.55 bits per heavy atom. The maximum absolute atomic E-state index is 13.6. The number of fused-ring (bicyclic) bond motifs is 1. The standard InChI is InChI=1S/C15H12ClFN2O/c1-15(9-5-3-2-4-6-9)14(20)18-12-7-10(16)11(17)8-13(12)19-15/h2-8,19H,1H3,(H,18,20). The molecule has 2 aromatic rings. The van der Waals surface area contributed by atoms with Gasteiger partial charge in [-0.15, -0.1) is 0 Å². The van der Waals surface area contributed by atoms with Crippen LogP contribution in [0.2, 0.25) is 5.02 Å². The van der Waals surface area contributed by atoms with Crippen LogP contribution in [-0.2, 0) is 10.3 Å². The third-order valence-corrected chi connectivity index (χ3v) is 3.79. The van der Waals surface area contributed by atoms with Gasteiger partial charge in [0.15, 0.2) is 0 Å². The number of nitrogens with one attached hydrogen (secondary N) is 2. The summed E-state index contributed by atoms with van der Waals surface area (Å²) < 4.78 is 13.6. The average molecular weight is 291 g/mol. The van der Waals surface area contributed by atoms with Crippen molar-refractivity contribution < 1.29 is 9.18 Å². The summed E-state index contributed by atoms with van der Waals surface area (Å²) in [6, 6.07) is 12.0. The third-order valence-electron chi connectivity index (χ3n) is 3.50. The van der Waals surface area contributed by atoms with Crippen LogP contribution in [0.15, 0.2) is 42.5 Å². The molecule has 1 atom stereocenters. The lowest BCUT2D eigenvalue weighted by atomic mass is 9.88. The van der Waals surface area contributed by atoms with E-state index in [4.69, 9.17) is 11.6 Å². The minimum absolute atomic E-state index is 0.0193. The van der Waals surface area contributed by atoms with Crippen LogP contribution in [0.1, 0.15) is 12.5 Å². The number of benzene rings is 2. The Balaban J connectivity index is 2.09. The molecular formula is C15H12ClFN2O. The van der Waals surface area contributed by atoms with Crippen molar-refractivity contribution in [2.75, 3.05) is 10.6 Å². The molecular weight excluding hydrogens is 279 g/mol. The second-order valence-electron chi connectivity index (χ2n) is 4.88. The number of amides is 1. The van der Waals surface area contributed by atoms with E-state index >= 15 is 0 Å². The smallest absolute Gasteiger partial charge is 0.254 e. The minimum atomic E-state index is -0.950. The van der Waals surface area contributed by atoms with E-state index in [2.05, 4.69) is 10.6 Å². The van der Waals surface area contributed by atoms with Crippen LogP contribution < -0.4 is 10.6 Å². The monoisotopic (exact) mass is 290 g/mol. The fourth-order valence-electron chi connectivity index (χ4n) is 2.30. The summed E-state index contributed by atoms with van der Waals surface area (Å²) in [7, 11) is 0. The summed E-state index contributed by atoms with van der Waals surface area (Å²) in [6.45, 7) is 1.76. The lowest BCUT2D eigenvalue weighted by Gasteiger charge is -2.36. The van der Waals surface area contributed by atoms with Crippen LogP contribution in [0.5, 0.6) is 0 Å². The van der Waals surface area contributed by atoms with Gasteiger partial charge in [-0.05, 0) is 18.6 Å². The van der Waals surface area contributed by atoms with Gasteiger partial charge in [0.05, 0.1) is 16.4 Å². The van der Waals surface area contributed by atoms with Gasteiger partial charge in [0.1, 0.15) is 11.4 Å². The van der Waals surface area contributed by atoms with Crippen molar-refractivity contribution in [3.63, 3.8) is 0 Å². The lowest BCUT2D eigenvalue weighted by Crippen LogP contribution is -2.47. The summed E-state index contributed by atoms with van der Waals surface area (Å²) in [4.78, 5) is 12.4. The van der Waals surface area contributed by atoms with Crippen molar-refractivity contribution in [2.24, 2.45) is 0 Å². The molecule has 1 amide bonds. The molecule has 2 N–H and O–H groups in total. The largest absolute Gasteiger partial charge is 0.366 e. The van der Waals surface area contributed by atoms with E-state index < -0.39 is 11.4 Å². The van der Waals surface area contributed by atoms with E-state index in [-0.39, 0.29) is 10.9 Å². The van der Waals surface area contributed by atoms with Gasteiger partial charge in [0.2, 0.25) is 0 Å². The predicted octanol–water partition coefficient (Wildman–Crippen LogP) is 3.76. The molecule has 0 bridgehead atoms. The summed E-state index contributed by atoms with van der Waals surface area (Å²) >= 11 is 5.73. The van der Waals surface area contributed by atoms with Gasteiger partial charge in [0, 0.05) is 6.07 Å².